The summed E-state index contributed by atoms with van der Waals surface area (Å²) < 4.78 is 41.0. The van der Waals surface area contributed by atoms with Gasteiger partial charge in [0.25, 0.3) is 0 Å². The number of aromatic nitrogens is 5. The Kier molecular flexibility index (Phi) is 3.88. The van der Waals surface area contributed by atoms with Gasteiger partial charge in [0.05, 0.1) is 4.90 Å². The monoisotopic (exact) mass is 376 g/mol. The van der Waals surface area contributed by atoms with Crippen LogP contribution in [0.2, 0.25) is 0 Å². The minimum Gasteiger partial charge on any atom is -0.270 e. The first kappa shape index (κ1) is 16.9. The number of nitrogens with zero attached hydrogens (tertiary/aromatic N) is 5. The van der Waals surface area contributed by atoms with Crippen LogP contribution in [-0.2, 0) is 23.0 Å². The van der Waals surface area contributed by atoms with Crippen LogP contribution in [0.15, 0.2) is 35.4 Å². The van der Waals surface area contributed by atoms with E-state index in [-0.39, 0.29) is 16.5 Å². The normalized spacial score (nSPS) is 17.3. The van der Waals surface area contributed by atoms with Crippen molar-refractivity contribution in [2.24, 2.45) is 5.14 Å². The number of hydrogen-bond acceptors (Lipinski definition) is 5. The Morgan fingerprint density at radius 1 is 1.31 bits per heavy atom. The molecule has 8 nitrogen and oxygen atoms in total. The molecule has 26 heavy (non-hydrogen) atoms. The van der Waals surface area contributed by atoms with Crippen molar-refractivity contribution in [3.8, 4) is 5.69 Å². The quantitative estimate of drug-likeness (QED) is 0.741. The van der Waals surface area contributed by atoms with Crippen LogP contribution in [0, 0.1) is 12.7 Å². The van der Waals surface area contributed by atoms with Crippen molar-refractivity contribution in [3.05, 3.63) is 53.6 Å². The van der Waals surface area contributed by atoms with Gasteiger partial charge in [0.1, 0.15) is 23.2 Å². The number of aryl methyl sites for hydroxylation is 2. The second-order valence-corrected chi connectivity index (χ2v) is 7.88. The lowest BCUT2D eigenvalue weighted by molar-refractivity contribution is 0.422. The largest absolute Gasteiger partial charge is 0.270 e. The van der Waals surface area contributed by atoms with Gasteiger partial charge in [-0.15, -0.1) is 0 Å². The number of fused-ring (bicyclic) bond motifs is 1. The average molecular weight is 376 g/mol. The molecule has 2 aromatic heterocycles. The molecule has 10 heteroatoms. The van der Waals surface area contributed by atoms with E-state index in [0.29, 0.717) is 18.1 Å². The Balaban J connectivity index is 1.80. The molecule has 1 aliphatic rings. The third-order valence-electron chi connectivity index (χ3n) is 4.53. The summed E-state index contributed by atoms with van der Waals surface area (Å²) >= 11 is 0. The van der Waals surface area contributed by atoms with Gasteiger partial charge in [0.2, 0.25) is 10.0 Å². The third-order valence-corrected chi connectivity index (χ3v) is 5.44. The highest BCUT2D eigenvalue weighted by molar-refractivity contribution is 7.89. The minimum absolute atomic E-state index is 0.0196. The SMILES string of the molecule is Cc1nc(C2CCn3nccc3C2)n(-c2cc(S(N)(=O)=O)ccc2F)n1. The van der Waals surface area contributed by atoms with Gasteiger partial charge in [-0.25, -0.2) is 27.6 Å². The van der Waals surface area contributed by atoms with Crippen LogP contribution in [0.4, 0.5) is 4.39 Å². The van der Waals surface area contributed by atoms with Crippen LogP contribution in [-0.4, -0.2) is 33.0 Å². The molecule has 136 valence electrons. The Labute approximate surface area is 149 Å². The maximum absolute atomic E-state index is 14.5. The summed E-state index contributed by atoms with van der Waals surface area (Å²) in [5, 5.41) is 13.7. The van der Waals surface area contributed by atoms with Crippen LogP contribution in [0.3, 0.4) is 0 Å². The highest BCUT2D eigenvalue weighted by atomic mass is 32.2. The van der Waals surface area contributed by atoms with Gasteiger partial charge >= 0.3 is 0 Å². The summed E-state index contributed by atoms with van der Waals surface area (Å²) in [5.41, 5.74) is 1.10. The van der Waals surface area contributed by atoms with E-state index in [1.54, 1.807) is 13.1 Å². The summed E-state index contributed by atoms with van der Waals surface area (Å²) in [6.45, 7) is 2.45. The Morgan fingerprint density at radius 3 is 2.88 bits per heavy atom. The molecule has 0 saturated carbocycles. The predicted molar refractivity (Wildman–Crippen MR) is 90.7 cm³/mol. The van der Waals surface area contributed by atoms with Crippen LogP contribution in [0.5, 0.6) is 0 Å². The van der Waals surface area contributed by atoms with Crippen molar-refractivity contribution >= 4 is 10.0 Å². The van der Waals surface area contributed by atoms with Gasteiger partial charge in [-0.05, 0) is 44.0 Å². The molecule has 0 bridgehead atoms. The smallest absolute Gasteiger partial charge is 0.238 e. The van der Waals surface area contributed by atoms with Crippen molar-refractivity contribution in [1.82, 2.24) is 24.5 Å². The molecular formula is C16H17FN6O2S. The minimum atomic E-state index is -3.95. The Morgan fingerprint density at radius 2 is 2.12 bits per heavy atom. The zero-order valence-corrected chi connectivity index (χ0v) is 14.8. The van der Waals surface area contributed by atoms with Gasteiger partial charge in [0, 0.05) is 24.4 Å². The average Bonchev–Trinajstić information content (AvgIpc) is 3.19. The molecule has 1 aromatic carbocycles. The van der Waals surface area contributed by atoms with Crippen molar-refractivity contribution in [1.29, 1.82) is 0 Å². The lowest BCUT2D eigenvalue weighted by Gasteiger charge is -2.23. The molecule has 1 aliphatic heterocycles. The highest BCUT2D eigenvalue weighted by Gasteiger charge is 2.27. The Hall–Kier alpha value is -2.59. The van der Waals surface area contributed by atoms with E-state index < -0.39 is 15.8 Å². The van der Waals surface area contributed by atoms with Crippen molar-refractivity contribution in [3.63, 3.8) is 0 Å². The van der Waals surface area contributed by atoms with Gasteiger partial charge < -0.3 is 0 Å². The number of benzene rings is 1. The number of nitrogens with two attached hydrogens (primary N) is 1. The fourth-order valence-electron chi connectivity index (χ4n) is 3.29. The number of sulfonamides is 1. The zero-order chi connectivity index (χ0) is 18.5. The number of hydrogen-bond donors (Lipinski definition) is 1. The lowest BCUT2D eigenvalue weighted by atomic mass is 9.95. The molecule has 0 saturated heterocycles. The van der Waals surface area contributed by atoms with Gasteiger partial charge in [0.15, 0.2) is 0 Å². The molecule has 0 radical (unpaired) electrons. The molecule has 0 spiro atoms. The molecule has 3 aromatic rings. The van der Waals surface area contributed by atoms with Gasteiger partial charge in [-0.3, -0.25) is 4.68 Å². The fourth-order valence-corrected chi connectivity index (χ4v) is 3.83. The van der Waals surface area contributed by atoms with Crippen LogP contribution in [0.25, 0.3) is 5.69 Å². The molecule has 0 amide bonds. The summed E-state index contributed by atoms with van der Waals surface area (Å²) in [6.07, 6.45) is 3.24. The molecule has 4 rings (SSSR count). The standard InChI is InChI=1S/C16H17FN6O2S/c1-10-20-16(11-5-7-22-12(8-11)4-6-19-22)23(21-10)15-9-13(26(18,24)25)2-3-14(15)17/h2-4,6,9,11H,5,7-8H2,1H3,(H2,18,24,25). The van der Waals surface area contributed by atoms with Gasteiger partial charge in [-0.2, -0.15) is 10.2 Å². The van der Waals surface area contributed by atoms with E-state index >= 15 is 0 Å². The van der Waals surface area contributed by atoms with E-state index in [9.17, 15) is 12.8 Å². The number of primary sulfonamides is 1. The van der Waals surface area contributed by atoms with Crippen LogP contribution in [0.1, 0.15) is 29.7 Å². The maximum Gasteiger partial charge on any atom is 0.238 e. The van der Waals surface area contributed by atoms with E-state index in [1.165, 1.54) is 10.7 Å². The first-order valence-corrected chi connectivity index (χ1v) is 9.64. The second kappa shape index (κ2) is 5.99. The van der Waals surface area contributed by atoms with E-state index in [0.717, 1.165) is 30.8 Å². The highest BCUT2D eigenvalue weighted by Crippen LogP contribution is 2.30. The molecule has 3 heterocycles. The Bertz CT molecular complexity index is 1090. The second-order valence-electron chi connectivity index (χ2n) is 6.32. The fraction of sp³-hybridized carbons (Fsp3) is 0.312. The molecule has 0 aliphatic carbocycles. The molecule has 1 atom stereocenters. The molecular weight excluding hydrogens is 359 g/mol. The number of rotatable bonds is 3. The molecule has 0 fully saturated rings. The van der Waals surface area contributed by atoms with Crippen molar-refractivity contribution in [2.75, 3.05) is 0 Å². The molecule has 2 N–H and O–H groups in total. The maximum atomic E-state index is 14.5. The topological polar surface area (TPSA) is 109 Å². The van der Waals surface area contributed by atoms with E-state index in [1.807, 2.05) is 10.7 Å². The first-order valence-electron chi connectivity index (χ1n) is 8.10. The third kappa shape index (κ3) is 2.90. The van der Waals surface area contributed by atoms with Crippen molar-refractivity contribution in [2.45, 2.75) is 37.1 Å². The predicted octanol–water partition coefficient (Wildman–Crippen LogP) is 1.29. The van der Waals surface area contributed by atoms with Crippen LogP contribution >= 0.6 is 0 Å². The van der Waals surface area contributed by atoms with Gasteiger partial charge in [-0.1, -0.05) is 0 Å². The lowest BCUT2D eigenvalue weighted by Crippen LogP contribution is -2.21. The van der Waals surface area contributed by atoms with Crippen molar-refractivity contribution < 1.29 is 12.8 Å². The van der Waals surface area contributed by atoms with E-state index in [2.05, 4.69) is 15.2 Å². The van der Waals surface area contributed by atoms with E-state index in [4.69, 9.17) is 5.14 Å². The summed E-state index contributed by atoms with van der Waals surface area (Å²) in [4.78, 5) is 4.30. The van der Waals surface area contributed by atoms with Crippen LogP contribution < -0.4 is 5.14 Å². The number of halogens is 1. The zero-order valence-electron chi connectivity index (χ0n) is 14.0. The summed E-state index contributed by atoms with van der Waals surface area (Å²) in [6, 6.07) is 5.35. The molecule has 1 unspecified atom stereocenters. The first-order chi connectivity index (χ1) is 12.3. The summed E-state index contributed by atoms with van der Waals surface area (Å²) in [5.74, 6) is 0.516. The summed E-state index contributed by atoms with van der Waals surface area (Å²) in [7, 11) is -3.95.